The standard InChI is InChI=1S/C42H51FN10O18P2/c1-21(2)3-12-26(50-42(59)65-16-23-6-10-25(11-7-23)49-30(54)15-22-4-8-24(43)9-5-22)40(57)70-34-27(68-39(32(34)55)53-20-48-31-36(45)46-19-47-37(31)53)18-67-73(63,64)71-35-28(17-66-72(60,61)62)69-38(33(35)56)52-14-13-29(44)51-41(52)58/h4-11,13-14,19-21,26-28,32-35,38-39,55-56H,3,12,15-18H2,1-2H3,(H,49,54)(H,50,59)(H,63,64)(H2,44,51,58)(H2,45,46,47)(H2,60,61,62)/t26-,27?,28+,32+,33+,34+,35+,38+,39+/m0/s1. The number of carbonyl (C=O) groups is 3. The normalized spacial score (nSPS) is 23.2. The van der Waals surface area contributed by atoms with E-state index >= 15 is 0 Å². The second kappa shape index (κ2) is 23.3. The lowest BCUT2D eigenvalue weighted by Crippen LogP contribution is -2.46. The molecule has 5 heterocycles. The summed E-state index contributed by atoms with van der Waals surface area (Å²) < 4.78 is 78.4. The number of nitrogens with two attached hydrogens (primary N) is 2. The molecular weight excluding hydrogens is 1010 g/mol. The van der Waals surface area contributed by atoms with Gasteiger partial charge in [-0.1, -0.05) is 38.1 Å². The minimum Gasteiger partial charge on any atom is -0.455 e. The van der Waals surface area contributed by atoms with Gasteiger partial charge in [-0.2, -0.15) is 4.98 Å². The van der Waals surface area contributed by atoms with Crippen molar-refractivity contribution < 1.29 is 85.3 Å². The molecule has 2 unspecified atom stereocenters. The first kappa shape index (κ1) is 54.4. The Morgan fingerprint density at radius 1 is 0.849 bits per heavy atom. The smallest absolute Gasteiger partial charge is 0.455 e. The van der Waals surface area contributed by atoms with E-state index in [4.69, 9.17) is 39.5 Å². The van der Waals surface area contributed by atoms with E-state index in [1.54, 1.807) is 24.3 Å². The SMILES string of the molecule is CC(C)CC[C@H](NC(=O)OCc1ccc(NC(=O)Cc2ccc(F)cc2)cc1)C(=O)O[C@@H]1C(COP(=O)(O)O[C@H]2[C@@H](O)[C@H](n3ccc(N)nc3=O)O[C@@H]2COP(=O)(O)O)O[C@@H](n2cnc3c(N)ncnc32)[C@@H]1O. The number of nitrogens with zero attached hydrogens (tertiary/aromatic N) is 6. The van der Waals surface area contributed by atoms with Crippen molar-refractivity contribution in [1.82, 2.24) is 34.4 Å². The Labute approximate surface area is 412 Å². The van der Waals surface area contributed by atoms with Crippen LogP contribution in [0.4, 0.5) is 26.5 Å². The number of phosphoric acid groups is 2. The average Bonchev–Trinajstić information content (AvgIpc) is 3.99. The maximum atomic E-state index is 14.1. The summed E-state index contributed by atoms with van der Waals surface area (Å²) in [5, 5.41) is 28.2. The molecule has 0 spiro atoms. The highest BCUT2D eigenvalue weighted by Crippen LogP contribution is 2.50. The van der Waals surface area contributed by atoms with E-state index in [0.717, 1.165) is 23.2 Å². The quantitative estimate of drug-likeness (QED) is 0.0370. The summed E-state index contributed by atoms with van der Waals surface area (Å²) >= 11 is 0. The van der Waals surface area contributed by atoms with Crippen LogP contribution in [-0.2, 0) is 64.3 Å². The number of imidazole rings is 1. The van der Waals surface area contributed by atoms with E-state index in [9.17, 15) is 57.6 Å². The molecule has 2 aromatic carbocycles. The molecule has 2 fully saturated rings. The number of nitrogens with one attached hydrogen (secondary N) is 2. The molecule has 2 aliphatic rings. The Kier molecular flexibility index (Phi) is 17.3. The van der Waals surface area contributed by atoms with Crippen LogP contribution in [0.5, 0.6) is 0 Å². The van der Waals surface area contributed by atoms with Gasteiger partial charge in [0.1, 0.15) is 66.6 Å². The Morgan fingerprint density at radius 2 is 1.49 bits per heavy atom. The van der Waals surface area contributed by atoms with Gasteiger partial charge in [0.25, 0.3) is 0 Å². The predicted octanol–water partition coefficient (Wildman–Crippen LogP) is 1.34. The largest absolute Gasteiger partial charge is 0.472 e. The lowest BCUT2D eigenvalue weighted by Gasteiger charge is -2.26. The molecule has 3 aromatic heterocycles. The number of halogens is 1. The summed E-state index contributed by atoms with van der Waals surface area (Å²) in [6.45, 7) is 1.40. The van der Waals surface area contributed by atoms with Crippen molar-refractivity contribution in [3.05, 3.63) is 101 Å². The fourth-order valence-corrected chi connectivity index (χ4v) is 8.92. The number of esters is 1. The number of ether oxygens (including phenoxy) is 4. The zero-order chi connectivity index (χ0) is 52.8. The van der Waals surface area contributed by atoms with Gasteiger partial charge in [-0.3, -0.25) is 27.5 Å². The molecule has 73 heavy (non-hydrogen) atoms. The molecule has 0 saturated carbocycles. The van der Waals surface area contributed by atoms with Crippen molar-refractivity contribution in [2.75, 3.05) is 30.0 Å². The van der Waals surface area contributed by atoms with Crippen LogP contribution in [0.3, 0.4) is 0 Å². The fourth-order valence-electron chi connectivity index (χ4n) is 7.62. The Morgan fingerprint density at radius 3 is 2.16 bits per heavy atom. The first-order chi connectivity index (χ1) is 34.5. The second-order valence-electron chi connectivity index (χ2n) is 17.1. The third kappa shape index (κ3) is 14.3. The van der Waals surface area contributed by atoms with Crippen LogP contribution < -0.4 is 27.8 Å². The monoisotopic (exact) mass is 1060 g/mol. The van der Waals surface area contributed by atoms with Crippen LogP contribution >= 0.6 is 15.6 Å². The summed E-state index contributed by atoms with van der Waals surface area (Å²) in [5.74, 6) is -2.09. The molecule has 7 rings (SSSR count). The minimum absolute atomic E-state index is 0.00431. The number of rotatable bonds is 21. The molecule has 5 aromatic rings. The molecule has 31 heteroatoms. The number of fused-ring (bicyclic) bond motifs is 1. The molecule has 2 aliphatic heterocycles. The van der Waals surface area contributed by atoms with Gasteiger partial charge in [0, 0.05) is 11.9 Å². The van der Waals surface area contributed by atoms with Crippen LogP contribution in [0, 0.1) is 11.7 Å². The molecular formula is C42H51FN10O18P2. The molecule has 28 nitrogen and oxygen atoms in total. The average molecular weight is 1060 g/mol. The number of aromatic nitrogens is 6. The Hall–Kier alpha value is -6.33. The van der Waals surface area contributed by atoms with Crippen molar-refractivity contribution in [1.29, 1.82) is 0 Å². The van der Waals surface area contributed by atoms with Crippen LogP contribution in [0.1, 0.15) is 50.3 Å². The van der Waals surface area contributed by atoms with Gasteiger partial charge in [0.15, 0.2) is 30.0 Å². The Bertz CT molecular complexity index is 2910. The van der Waals surface area contributed by atoms with Gasteiger partial charge in [-0.25, -0.2) is 42.9 Å². The van der Waals surface area contributed by atoms with E-state index in [2.05, 4.69) is 35.1 Å². The summed E-state index contributed by atoms with van der Waals surface area (Å²) in [4.78, 5) is 97.9. The van der Waals surface area contributed by atoms with Crippen molar-refractivity contribution in [3.8, 4) is 0 Å². The lowest BCUT2D eigenvalue weighted by molar-refractivity contribution is -0.159. The zero-order valence-electron chi connectivity index (χ0n) is 38.6. The number of aliphatic hydroxyl groups excluding tert-OH is 2. The predicted molar refractivity (Wildman–Crippen MR) is 247 cm³/mol. The highest BCUT2D eigenvalue weighted by atomic mass is 31.2. The first-order valence-corrected chi connectivity index (χ1v) is 25.1. The maximum Gasteiger partial charge on any atom is 0.472 e. The van der Waals surface area contributed by atoms with Gasteiger partial charge < -0.3 is 65.9 Å². The highest BCUT2D eigenvalue weighted by molar-refractivity contribution is 7.47. The topological polar surface area (TPSA) is 406 Å². The molecule has 394 valence electrons. The second-order valence-corrected chi connectivity index (χ2v) is 19.7. The molecule has 10 atom stereocenters. The minimum atomic E-state index is -5.47. The third-order valence-electron chi connectivity index (χ3n) is 11.2. The number of hydrogen-bond donors (Lipinski definition) is 9. The van der Waals surface area contributed by atoms with E-state index in [1.807, 2.05) is 13.8 Å². The van der Waals surface area contributed by atoms with Crippen molar-refractivity contribution in [3.63, 3.8) is 0 Å². The molecule has 0 aliphatic carbocycles. The van der Waals surface area contributed by atoms with Crippen LogP contribution in [-0.4, -0.2) is 128 Å². The summed E-state index contributed by atoms with van der Waals surface area (Å²) in [7, 11) is -10.7. The zero-order valence-corrected chi connectivity index (χ0v) is 40.4. The molecule has 0 radical (unpaired) electrons. The number of aliphatic hydroxyl groups is 2. The van der Waals surface area contributed by atoms with Gasteiger partial charge in [-0.15, -0.1) is 0 Å². The van der Waals surface area contributed by atoms with E-state index < -0.39 is 108 Å². The lowest BCUT2D eigenvalue weighted by atomic mass is 10.0. The summed E-state index contributed by atoms with van der Waals surface area (Å²) in [5.41, 5.74) is 12.2. The molecule has 11 N–H and O–H groups in total. The Balaban J connectivity index is 1.04. The number of benzene rings is 2. The number of nitrogen functional groups attached to an aromatic ring is 2. The number of alkyl carbamates (subject to hydrolysis) is 1. The van der Waals surface area contributed by atoms with Crippen molar-refractivity contribution in [2.24, 2.45) is 5.92 Å². The van der Waals surface area contributed by atoms with Gasteiger partial charge >= 0.3 is 33.4 Å². The molecule has 2 amide bonds. The van der Waals surface area contributed by atoms with Gasteiger partial charge in [0.2, 0.25) is 5.91 Å². The number of phosphoric ester groups is 2. The first-order valence-electron chi connectivity index (χ1n) is 22.1. The fraction of sp³-hybridized carbons (Fsp3) is 0.429. The molecule has 0 bridgehead atoms. The van der Waals surface area contributed by atoms with Crippen LogP contribution in [0.2, 0.25) is 0 Å². The van der Waals surface area contributed by atoms with Crippen molar-refractivity contribution >= 4 is 62.1 Å². The van der Waals surface area contributed by atoms with E-state index in [0.29, 0.717) is 23.2 Å². The molecule has 2 saturated heterocycles. The highest BCUT2D eigenvalue weighted by Gasteiger charge is 2.52. The number of anilines is 3. The van der Waals surface area contributed by atoms with Crippen molar-refractivity contribution in [2.45, 2.75) is 94.8 Å². The van der Waals surface area contributed by atoms with E-state index in [-0.39, 0.29) is 54.1 Å². The van der Waals surface area contributed by atoms with Crippen LogP contribution in [0.25, 0.3) is 11.2 Å². The number of amides is 2. The van der Waals surface area contributed by atoms with Gasteiger partial charge in [-0.05, 0) is 60.2 Å². The maximum absolute atomic E-state index is 14.1. The summed E-state index contributed by atoms with van der Waals surface area (Å²) in [6.07, 6.45) is -11.5. The number of hydrogen-bond acceptors (Lipinski definition) is 21. The summed E-state index contributed by atoms with van der Waals surface area (Å²) in [6, 6.07) is 11.6. The third-order valence-corrected chi connectivity index (χ3v) is 12.7. The van der Waals surface area contributed by atoms with E-state index in [1.165, 1.54) is 35.2 Å². The van der Waals surface area contributed by atoms with Crippen LogP contribution in [0.15, 0.2) is 78.2 Å². The van der Waals surface area contributed by atoms with Gasteiger partial charge in [0.05, 0.1) is 26.0 Å². The number of carbonyl (C=O) groups excluding carboxylic acids is 3.